The van der Waals surface area contributed by atoms with Gasteiger partial charge in [0, 0.05) is 0 Å². The Bertz CT molecular complexity index is 184. The lowest BCUT2D eigenvalue weighted by Crippen LogP contribution is -1.97. The first-order valence-electron chi connectivity index (χ1n) is 4.52. The fourth-order valence-electron chi connectivity index (χ4n) is 1.72. The van der Waals surface area contributed by atoms with Crippen molar-refractivity contribution in [2.75, 3.05) is 0 Å². The van der Waals surface area contributed by atoms with E-state index < -0.39 is 0 Å². The number of allylic oxidation sites excluding steroid dienone is 3. The van der Waals surface area contributed by atoms with Crippen molar-refractivity contribution in [3.05, 3.63) is 23.3 Å². The maximum atomic E-state index is 3.95. The van der Waals surface area contributed by atoms with Gasteiger partial charge in [-0.05, 0) is 46.0 Å². The summed E-state index contributed by atoms with van der Waals surface area (Å²) in [5, 5.41) is 0. The van der Waals surface area contributed by atoms with E-state index in [2.05, 4.69) is 20.4 Å². The predicted octanol–water partition coefficient (Wildman–Crippen LogP) is 3.84. The first-order valence-corrected chi connectivity index (χ1v) is 4.52. The van der Waals surface area contributed by atoms with Crippen molar-refractivity contribution in [2.24, 2.45) is 0 Å². The van der Waals surface area contributed by atoms with E-state index in [4.69, 9.17) is 0 Å². The first kappa shape index (κ1) is 8.58. The zero-order chi connectivity index (χ0) is 8.27. The highest BCUT2D eigenvalue weighted by Gasteiger charge is 2.08. The van der Waals surface area contributed by atoms with Gasteiger partial charge in [-0.3, -0.25) is 0 Å². The number of hydrogen-bond donors (Lipinski definition) is 0. The molecular formula is C11H18. The normalized spacial score (nSPS) is 18.7. The molecule has 0 radical (unpaired) electrons. The van der Waals surface area contributed by atoms with E-state index in [1.807, 2.05) is 0 Å². The van der Waals surface area contributed by atoms with E-state index in [0.717, 1.165) is 6.42 Å². The summed E-state index contributed by atoms with van der Waals surface area (Å²) in [6.45, 7) is 8.34. The zero-order valence-electron chi connectivity index (χ0n) is 7.74. The van der Waals surface area contributed by atoms with Gasteiger partial charge in [-0.1, -0.05) is 23.3 Å². The van der Waals surface area contributed by atoms with Crippen LogP contribution in [0.25, 0.3) is 0 Å². The molecule has 1 rings (SSSR count). The zero-order valence-corrected chi connectivity index (χ0v) is 7.74. The highest BCUT2D eigenvalue weighted by molar-refractivity contribution is 5.19. The maximum Gasteiger partial charge on any atom is -0.0111 e. The molecule has 0 fully saturated rings. The summed E-state index contributed by atoms with van der Waals surface area (Å²) in [5.74, 6) is 0. The Morgan fingerprint density at radius 2 is 2.00 bits per heavy atom. The summed E-state index contributed by atoms with van der Waals surface area (Å²) in [6, 6.07) is 0. The summed E-state index contributed by atoms with van der Waals surface area (Å²) in [4.78, 5) is 0. The lowest BCUT2D eigenvalue weighted by Gasteiger charge is -2.17. The van der Waals surface area contributed by atoms with Crippen molar-refractivity contribution < 1.29 is 0 Å². The highest BCUT2D eigenvalue weighted by atomic mass is 14.1. The fourth-order valence-corrected chi connectivity index (χ4v) is 1.72. The minimum absolute atomic E-state index is 1.14. The van der Waals surface area contributed by atoms with Gasteiger partial charge in [-0.25, -0.2) is 0 Å². The minimum atomic E-state index is 1.14. The third kappa shape index (κ3) is 2.53. The van der Waals surface area contributed by atoms with Crippen LogP contribution in [0.4, 0.5) is 0 Å². The standard InChI is InChI=1S/C11H18/c1-9(2)8-11-7-5-4-6-10(11)3/h1,4-8H2,2-3H3. The van der Waals surface area contributed by atoms with E-state index in [9.17, 15) is 0 Å². The van der Waals surface area contributed by atoms with Crippen molar-refractivity contribution in [2.45, 2.75) is 46.0 Å². The smallest absolute Gasteiger partial charge is 0.0111 e. The molecule has 0 amide bonds. The van der Waals surface area contributed by atoms with Crippen LogP contribution in [-0.2, 0) is 0 Å². The second-order valence-electron chi connectivity index (χ2n) is 3.72. The first-order chi connectivity index (χ1) is 5.20. The molecule has 1 aliphatic carbocycles. The van der Waals surface area contributed by atoms with Gasteiger partial charge in [0.1, 0.15) is 0 Å². The molecule has 0 aromatic heterocycles. The van der Waals surface area contributed by atoms with Crippen LogP contribution in [0.15, 0.2) is 23.3 Å². The molecule has 0 N–H and O–H groups in total. The quantitative estimate of drug-likeness (QED) is 0.524. The average Bonchev–Trinajstić information content (AvgIpc) is 1.93. The van der Waals surface area contributed by atoms with E-state index in [0.29, 0.717) is 0 Å². The molecule has 0 aromatic carbocycles. The van der Waals surface area contributed by atoms with Crippen molar-refractivity contribution in [1.29, 1.82) is 0 Å². The van der Waals surface area contributed by atoms with E-state index in [1.165, 1.54) is 31.3 Å². The van der Waals surface area contributed by atoms with Gasteiger partial charge >= 0.3 is 0 Å². The lowest BCUT2D eigenvalue weighted by molar-refractivity contribution is 0.659. The molecule has 0 bridgehead atoms. The Morgan fingerprint density at radius 3 is 2.55 bits per heavy atom. The van der Waals surface area contributed by atoms with Crippen LogP contribution in [0, 0.1) is 0 Å². The van der Waals surface area contributed by atoms with Gasteiger partial charge in [-0.2, -0.15) is 0 Å². The summed E-state index contributed by atoms with van der Waals surface area (Å²) in [7, 11) is 0. The third-order valence-electron chi connectivity index (χ3n) is 2.40. The van der Waals surface area contributed by atoms with Crippen molar-refractivity contribution in [3.63, 3.8) is 0 Å². The second-order valence-corrected chi connectivity index (χ2v) is 3.72. The Balaban J connectivity index is 2.59. The van der Waals surface area contributed by atoms with Gasteiger partial charge < -0.3 is 0 Å². The minimum Gasteiger partial charge on any atom is -0.0998 e. The largest absolute Gasteiger partial charge is 0.0998 e. The highest BCUT2D eigenvalue weighted by Crippen LogP contribution is 2.28. The van der Waals surface area contributed by atoms with Crippen LogP contribution < -0.4 is 0 Å². The van der Waals surface area contributed by atoms with Crippen molar-refractivity contribution >= 4 is 0 Å². The van der Waals surface area contributed by atoms with Crippen LogP contribution in [0.3, 0.4) is 0 Å². The monoisotopic (exact) mass is 150 g/mol. The molecule has 0 spiro atoms. The summed E-state index contributed by atoms with van der Waals surface area (Å²) in [5.41, 5.74) is 4.59. The molecule has 0 aliphatic heterocycles. The number of rotatable bonds is 2. The molecule has 0 saturated heterocycles. The predicted molar refractivity (Wildman–Crippen MR) is 50.6 cm³/mol. The third-order valence-corrected chi connectivity index (χ3v) is 2.40. The molecule has 11 heavy (non-hydrogen) atoms. The Hall–Kier alpha value is -0.520. The fraction of sp³-hybridized carbons (Fsp3) is 0.636. The van der Waals surface area contributed by atoms with Gasteiger partial charge in [0.2, 0.25) is 0 Å². The van der Waals surface area contributed by atoms with E-state index >= 15 is 0 Å². The van der Waals surface area contributed by atoms with Crippen LogP contribution in [-0.4, -0.2) is 0 Å². The van der Waals surface area contributed by atoms with E-state index in [1.54, 1.807) is 11.1 Å². The Labute approximate surface area is 70.0 Å². The van der Waals surface area contributed by atoms with Crippen LogP contribution in [0.2, 0.25) is 0 Å². The molecule has 0 aromatic rings. The summed E-state index contributed by atoms with van der Waals surface area (Å²) < 4.78 is 0. The van der Waals surface area contributed by atoms with Gasteiger partial charge in [0.05, 0.1) is 0 Å². The van der Waals surface area contributed by atoms with Gasteiger partial charge in [0.15, 0.2) is 0 Å². The topological polar surface area (TPSA) is 0 Å². The Kier molecular flexibility index (Phi) is 2.92. The van der Waals surface area contributed by atoms with Crippen LogP contribution >= 0.6 is 0 Å². The number of hydrogen-bond acceptors (Lipinski definition) is 0. The van der Waals surface area contributed by atoms with Crippen molar-refractivity contribution in [3.8, 4) is 0 Å². The van der Waals surface area contributed by atoms with Gasteiger partial charge in [0.25, 0.3) is 0 Å². The summed E-state index contributed by atoms with van der Waals surface area (Å²) >= 11 is 0. The van der Waals surface area contributed by atoms with Crippen molar-refractivity contribution in [1.82, 2.24) is 0 Å². The van der Waals surface area contributed by atoms with Crippen LogP contribution in [0.1, 0.15) is 46.0 Å². The van der Waals surface area contributed by atoms with E-state index in [-0.39, 0.29) is 0 Å². The van der Waals surface area contributed by atoms with Gasteiger partial charge in [-0.15, -0.1) is 0 Å². The van der Waals surface area contributed by atoms with Crippen LogP contribution in [0.5, 0.6) is 0 Å². The molecule has 0 saturated carbocycles. The second kappa shape index (κ2) is 3.75. The SMILES string of the molecule is C=C(C)CC1=C(C)CCCC1. The Morgan fingerprint density at radius 1 is 1.36 bits per heavy atom. The maximum absolute atomic E-state index is 3.95. The molecular weight excluding hydrogens is 132 g/mol. The molecule has 0 unspecified atom stereocenters. The molecule has 62 valence electrons. The average molecular weight is 150 g/mol. The molecule has 0 heteroatoms. The summed E-state index contributed by atoms with van der Waals surface area (Å²) in [6.07, 6.45) is 6.57. The molecule has 1 aliphatic rings. The molecule has 0 nitrogen and oxygen atoms in total. The molecule has 0 heterocycles. The lowest BCUT2D eigenvalue weighted by atomic mass is 9.89. The molecule has 0 atom stereocenters.